The van der Waals surface area contributed by atoms with E-state index in [2.05, 4.69) is 21.8 Å². The highest BCUT2D eigenvalue weighted by Gasteiger charge is 2.41. The summed E-state index contributed by atoms with van der Waals surface area (Å²) in [4.78, 5) is 26.5. The fourth-order valence-corrected chi connectivity index (χ4v) is 5.53. The molecule has 2 fully saturated rings. The van der Waals surface area contributed by atoms with Crippen molar-refractivity contribution in [3.05, 3.63) is 66.4 Å². The van der Waals surface area contributed by atoms with E-state index < -0.39 is 23.6 Å². The summed E-state index contributed by atoms with van der Waals surface area (Å²) in [5.74, 6) is 0.491. The van der Waals surface area contributed by atoms with E-state index in [9.17, 15) is 18.0 Å². The van der Waals surface area contributed by atoms with Gasteiger partial charge in [0.1, 0.15) is 24.3 Å². The Bertz CT molecular complexity index is 1530. The molecule has 6 rings (SSSR count). The molecule has 0 radical (unpaired) electrons. The van der Waals surface area contributed by atoms with Gasteiger partial charge < -0.3 is 19.1 Å². The van der Waals surface area contributed by atoms with E-state index in [1.165, 1.54) is 12.3 Å². The van der Waals surface area contributed by atoms with Crippen molar-refractivity contribution in [1.82, 2.24) is 9.97 Å². The van der Waals surface area contributed by atoms with E-state index in [0.717, 1.165) is 17.8 Å². The monoisotopic (exact) mass is 581 g/mol. The van der Waals surface area contributed by atoms with Gasteiger partial charge in [0.2, 0.25) is 0 Å². The highest BCUT2D eigenvalue weighted by atomic mass is 19.4. The minimum Gasteiger partial charge on any atom is -0.491 e. The van der Waals surface area contributed by atoms with Gasteiger partial charge in [-0.05, 0) is 44.5 Å². The quantitative estimate of drug-likeness (QED) is 0.384. The lowest BCUT2D eigenvalue weighted by Gasteiger charge is -2.36. The summed E-state index contributed by atoms with van der Waals surface area (Å²) in [6.45, 7) is 9.54. The van der Waals surface area contributed by atoms with Crippen molar-refractivity contribution in [2.24, 2.45) is 0 Å². The van der Waals surface area contributed by atoms with Crippen LogP contribution in [0.5, 0.6) is 5.75 Å². The third-order valence-electron chi connectivity index (χ3n) is 7.48. The predicted octanol–water partition coefficient (Wildman–Crippen LogP) is 5.97. The molecule has 3 aliphatic rings. The molecular weight excluding hydrogens is 551 g/mol. The van der Waals surface area contributed by atoms with Gasteiger partial charge in [-0.1, -0.05) is 24.8 Å². The SMILES string of the molecule is C=Cc1cc2c(nc1-c1cccc(C(F)(F)F)c1)N(C(=O)Nc1cc(OC[C@@H]3COC(C)(C)O3)ccn1)[C@H]1CCN2C1. The molecule has 1 N–H and O–H groups in total. The zero-order chi connectivity index (χ0) is 29.6. The Morgan fingerprint density at radius 2 is 2.10 bits per heavy atom. The summed E-state index contributed by atoms with van der Waals surface area (Å²) >= 11 is 0. The number of carbonyl (C=O) groups excluding carboxylic acids is 1. The fraction of sp³-hybridized carbons (Fsp3) is 0.367. The lowest BCUT2D eigenvalue weighted by atomic mass is 10.0. The summed E-state index contributed by atoms with van der Waals surface area (Å²) in [5.41, 5.74) is 1.10. The number of amides is 2. The molecule has 42 heavy (non-hydrogen) atoms. The maximum absolute atomic E-state index is 13.7. The number of fused-ring (bicyclic) bond motifs is 4. The number of hydrogen-bond donors (Lipinski definition) is 1. The molecule has 2 amide bonds. The maximum Gasteiger partial charge on any atom is 0.416 e. The number of urea groups is 1. The third kappa shape index (κ3) is 5.51. The largest absolute Gasteiger partial charge is 0.491 e. The van der Waals surface area contributed by atoms with E-state index in [0.29, 0.717) is 48.9 Å². The number of aromatic nitrogens is 2. The second-order valence-electron chi connectivity index (χ2n) is 10.9. The molecule has 2 atom stereocenters. The van der Waals surface area contributed by atoms with Crippen LogP contribution in [0, 0.1) is 0 Å². The topological polar surface area (TPSA) is 89.1 Å². The van der Waals surface area contributed by atoms with Crippen molar-refractivity contribution in [2.45, 2.75) is 44.4 Å². The number of nitrogens with one attached hydrogen (secondary N) is 1. The Morgan fingerprint density at radius 3 is 2.83 bits per heavy atom. The van der Waals surface area contributed by atoms with Crippen LogP contribution in [-0.2, 0) is 15.7 Å². The predicted molar refractivity (Wildman–Crippen MR) is 152 cm³/mol. The number of ether oxygens (including phenoxy) is 3. The van der Waals surface area contributed by atoms with Crippen LogP contribution in [0.25, 0.3) is 17.3 Å². The number of pyridine rings is 2. The normalized spacial score (nSPS) is 20.8. The minimum absolute atomic E-state index is 0.170. The van der Waals surface area contributed by atoms with Crippen LogP contribution >= 0.6 is 0 Å². The number of carbonyl (C=O) groups is 1. The first kappa shape index (κ1) is 28.0. The molecule has 3 aliphatic heterocycles. The summed E-state index contributed by atoms with van der Waals surface area (Å²) in [6.07, 6.45) is -0.923. The molecule has 0 aliphatic carbocycles. The number of anilines is 3. The van der Waals surface area contributed by atoms with Gasteiger partial charge in [-0.3, -0.25) is 10.2 Å². The number of halogens is 3. The molecule has 2 aromatic heterocycles. The standard InChI is InChI=1S/C30H30F3N5O4/c1-4-18-13-24-27(36-26(18)19-6-5-7-20(12-19)30(31,32)33)38(21-9-11-37(24)15-21)28(39)35-25-14-22(8-10-34-25)40-16-23-17-41-29(2,3)42-23/h4-8,10,12-14,21,23H,1,9,11,15-17H2,2-3H3,(H,34,35,39)/t21-,23+/m0/s1. The van der Waals surface area contributed by atoms with Crippen molar-refractivity contribution in [1.29, 1.82) is 0 Å². The van der Waals surface area contributed by atoms with E-state index in [-0.39, 0.29) is 30.1 Å². The highest BCUT2D eigenvalue weighted by molar-refractivity contribution is 6.04. The summed E-state index contributed by atoms with van der Waals surface area (Å²) in [6, 6.07) is 9.50. The van der Waals surface area contributed by atoms with Gasteiger partial charge in [0.05, 0.1) is 29.6 Å². The van der Waals surface area contributed by atoms with E-state index in [4.69, 9.17) is 19.2 Å². The average molecular weight is 582 g/mol. The number of nitrogens with zero attached hydrogens (tertiary/aromatic N) is 4. The van der Waals surface area contributed by atoms with Gasteiger partial charge in [0.25, 0.3) is 0 Å². The highest BCUT2D eigenvalue weighted by Crippen LogP contribution is 2.43. The molecule has 2 bridgehead atoms. The van der Waals surface area contributed by atoms with Crippen LogP contribution in [0.2, 0.25) is 0 Å². The number of rotatable bonds is 6. The van der Waals surface area contributed by atoms with Crippen molar-refractivity contribution < 1.29 is 32.2 Å². The zero-order valence-electron chi connectivity index (χ0n) is 23.1. The number of benzene rings is 1. The fourth-order valence-electron chi connectivity index (χ4n) is 5.53. The maximum atomic E-state index is 13.7. The van der Waals surface area contributed by atoms with Crippen LogP contribution in [0.4, 0.5) is 35.3 Å². The molecule has 0 unspecified atom stereocenters. The molecule has 1 aromatic carbocycles. The van der Waals surface area contributed by atoms with Crippen LogP contribution in [0.15, 0.2) is 55.2 Å². The van der Waals surface area contributed by atoms with E-state index in [1.54, 1.807) is 29.2 Å². The van der Waals surface area contributed by atoms with Crippen LogP contribution in [-0.4, -0.2) is 60.2 Å². The van der Waals surface area contributed by atoms with Crippen molar-refractivity contribution >= 4 is 29.4 Å². The Labute approximate surface area is 240 Å². The zero-order valence-corrected chi connectivity index (χ0v) is 23.1. The molecular formula is C30H30F3N5O4. The first-order chi connectivity index (χ1) is 20.0. The molecule has 12 heteroatoms. The number of alkyl halides is 3. The Balaban J connectivity index is 1.27. The minimum atomic E-state index is -4.50. The molecule has 3 aromatic rings. The Kier molecular flexibility index (Phi) is 7.06. The molecule has 0 saturated carbocycles. The van der Waals surface area contributed by atoms with Crippen LogP contribution < -0.4 is 19.9 Å². The lowest BCUT2D eigenvalue weighted by Crippen LogP contribution is -2.48. The summed E-state index contributed by atoms with van der Waals surface area (Å²) in [7, 11) is 0. The van der Waals surface area contributed by atoms with Gasteiger partial charge in [0.15, 0.2) is 11.6 Å². The van der Waals surface area contributed by atoms with Crippen molar-refractivity contribution in [3.63, 3.8) is 0 Å². The third-order valence-corrected chi connectivity index (χ3v) is 7.48. The first-order valence-electron chi connectivity index (χ1n) is 13.6. The van der Waals surface area contributed by atoms with Gasteiger partial charge >= 0.3 is 12.2 Å². The van der Waals surface area contributed by atoms with Crippen LogP contribution in [0.3, 0.4) is 0 Å². The second-order valence-corrected chi connectivity index (χ2v) is 10.9. The van der Waals surface area contributed by atoms with E-state index in [1.807, 2.05) is 19.9 Å². The molecule has 2 saturated heterocycles. The average Bonchev–Trinajstić information content (AvgIpc) is 3.54. The Morgan fingerprint density at radius 1 is 1.26 bits per heavy atom. The first-order valence-corrected chi connectivity index (χ1v) is 13.6. The lowest BCUT2D eigenvalue weighted by molar-refractivity contribution is -0.141. The van der Waals surface area contributed by atoms with Crippen LogP contribution in [0.1, 0.15) is 31.4 Å². The number of hydrogen-bond acceptors (Lipinski definition) is 7. The molecule has 5 heterocycles. The van der Waals surface area contributed by atoms with Gasteiger partial charge in [-0.2, -0.15) is 13.2 Å². The molecule has 9 nitrogen and oxygen atoms in total. The van der Waals surface area contributed by atoms with Gasteiger partial charge in [-0.25, -0.2) is 14.8 Å². The Hall–Kier alpha value is -4.16. The van der Waals surface area contributed by atoms with E-state index >= 15 is 0 Å². The second kappa shape index (κ2) is 10.6. The summed E-state index contributed by atoms with van der Waals surface area (Å²) < 4.78 is 57.6. The molecule has 0 spiro atoms. The van der Waals surface area contributed by atoms with Gasteiger partial charge in [0, 0.05) is 36.5 Å². The molecule has 220 valence electrons. The summed E-state index contributed by atoms with van der Waals surface area (Å²) in [5, 5.41) is 2.85. The smallest absolute Gasteiger partial charge is 0.416 e. The van der Waals surface area contributed by atoms with Crippen molar-refractivity contribution in [2.75, 3.05) is 41.4 Å². The van der Waals surface area contributed by atoms with Crippen molar-refractivity contribution in [3.8, 4) is 17.0 Å². The van der Waals surface area contributed by atoms with Gasteiger partial charge in [-0.15, -0.1) is 0 Å².